The summed E-state index contributed by atoms with van der Waals surface area (Å²) < 4.78 is 20.2. The third kappa shape index (κ3) is 8.60. The maximum Gasteiger partial charge on any atom is 0.326 e. The van der Waals surface area contributed by atoms with E-state index in [1.807, 2.05) is 89.5 Å². The highest BCUT2D eigenvalue weighted by molar-refractivity contribution is 5.83. The normalized spacial score (nSPS) is 20.2. The molecule has 1 amide bonds. The molecule has 7 rings (SSSR count). The molecule has 3 heterocycles. The van der Waals surface area contributed by atoms with Crippen molar-refractivity contribution in [3.63, 3.8) is 0 Å². The fourth-order valence-corrected chi connectivity index (χ4v) is 7.45. The number of carbonyl (C=O) groups excluding carboxylic acids is 2. The van der Waals surface area contributed by atoms with E-state index in [0.29, 0.717) is 13.0 Å². The topological polar surface area (TPSA) is 135 Å². The fraction of sp³-hybridized carbons (Fsp3) is 0.357. The number of nitrogens with zero attached hydrogens (tertiary/aromatic N) is 2. The second kappa shape index (κ2) is 16.3. The average molecular weight is 719 g/mol. The van der Waals surface area contributed by atoms with Crippen LogP contribution in [0.3, 0.4) is 0 Å². The van der Waals surface area contributed by atoms with Crippen LogP contribution in [0.2, 0.25) is 0 Å². The van der Waals surface area contributed by atoms with Crippen molar-refractivity contribution in [2.75, 3.05) is 19.6 Å². The first-order chi connectivity index (χ1) is 25.7. The van der Waals surface area contributed by atoms with E-state index in [4.69, 9.17) is 14.2 Å². The number of imidazole rings is 1. The van der Waals surface area contributed by atoms with Crippen LogP contribution in [0.5, 0.6) is 0 Å². The number of aliphatic hydroxyl groups is 1. The number of H-pyrrole nitrogens is 1. The lowest BCUT2D eigenvalue weighted by molar-refractivity contribution is -0.253. The standard InChI is InChI=1S/C42H46N4O7/c1-27(51-28(2)48)40(49)43-24-30-6-5-7-34(22-30)31-14-16-33(17-15-31)41-52-36(23-39(53-41)32-12-10-29(26-47)11-13-32)25-45-20-18-35(19-21-45)46-38-9-4-3-8-37(38)44-42(46)50/h3-17,22,27,35-36,39,41,47H,18-21,23-26H2,1-2H3,(H,43,49)(H,44,50). The van der Waals surface area contributed by atoms with Gasteiger partial charge in [-0.1, -0.05) is 78.9 Å². The molecule has 0 radical (unpaired) electrons. The van der Waals surface area contributed by atoms with Gasteiger partial charge in [-0.25, -0.2) is 4.79 Å². The summed E-state index contributed by atoms with van der Waals surface area (Å²) >= 11 is 0. The van der Waals surface area contributed by atoms with Gasteiger partial charge in [0, 0.05) is 51.1 Å². The number of amides is 1. The molecule has 0 spiro atoms. The van der Waals surface area contributed by atoms with E-state index in [1.54, 1.807) is 6.92 Å². The number of esters is 1. The van der Waals surface area contributed by atoms with Gasteiger partial charge >= 0.3 is 11.7 Å². The zero-order chi connectivity index (χ0) is 36.9. The predicted molar refractivity (Wildman–Crippen MR) is 201 cm³/mol. The molecular formula is C42H46N4O7. The van der Waals surface area contributed by atoms with Gasteiger partial charge < -0.3 is 34.5 Å². The minimum Gasteiger partial charge on any atom is -0.453 e. The summed E-state index contributed by atoms with van der Waals surface area (Å²) in [5, 5.41) is 12.4. The molecule has 4 aromatic carbocycles. The molecule has 11 nitrogen and oxygen atoms in total. The lowest BCUT2D eigenvalue weighted by Gasteiger charge is -2.40. The molecule has 0 saturated carbocycles. The van der Waals surface area contributed by atoms with Crippen LogP contribution in [-0.4, -0.2) is 63.3 Å². The first kappa shape index (κ1) is 36.3. The molecular weight excluding hydrogens is 672 g/mol. The third-order valence-corrected chi connectivity index (χ3v) is 10.2. The van der Waals surface area contributed by atoms with Gasteiger partial charge in [-0.3, -0.25) is 14.2 Å². The molecule has 3 N–H and O–H groups in total. The minimum atomic E-state index is -0.859. The zero-order valence-electron chi connectivity index (χ0n) is 30.1. The molecule has 11 heteroatoms. The number of benzene rings is 4. The molecule has 0 aliphatic carbocycles. The smallest absolute Gasteiger partial charge is 0.326 e. The van der Waals surface area contributed by atoms with E-state index in [9.17, 15) is 19.5 Å². The van der Waals surface area contributed by atoms with E-state index < -0.39 is 18.4 Å². The van der Waals surface area contributed by atoms with Crippen molar-refractivity contribution < 1.29 is 28.9 Å². The first-order valence-corrected chi connectivity index (χ1v) is 18.3. The van der Waals surface area contributed by atoms with Crippen LogP contribution in [0, 0.1) is 0 Å². The Morgan fingerprint density at radius 1 is 0.906 bits per heavy atom. The number of carbonyl (C=O) groups is 2. The van der Waals surface area contributed by atoms with Crippen LogP contribution in [0.15, 0.2) is 102 Å². The van der Waals surface area contributed by atoms with Crippen molar-refractivity contribution in [2.24, 2.45) is 0 Å². The second-order valence-corrected chi connectivity index (χ2v) is 14.0. The number of likely N-dealkylation sites (tertiary alicyclic amines) is 1. The van der Waals surface area contributed by atoms with E-state index in [1.165, 1.54) is 6.92 Å². The number of aliphatic hydroxyl groups excluding tert-OH is 1. The third-order valence-electron chi connectivity index (χ3n) is 10.2. The second-order valence-electron chi connectivity index (χ2n) is 14.0. The van der Waals surface area contributed by atoms with Crippen molar-refractivity contribution in [1.29, 1.82) is 0 Å². The molecule has 53 heavy (non-hydrogen) atoms. The van der Waals surface area contributed by atoms with Crippen LogP contribution in [0.25, 0.3) is 22.2 Å². The van der Waals surface area contributed by atoms with Crippen LogP contribution in [-0.2, 0) is 37.0 Å². The average Bonchev–Trinajstić information content (AvgIpc) is 3.52. The number of hydrogen-bond donors (Lipinski definition) is 3. The Bertz CT molecular complexity index is 2080. The van der Waals surface area contributed by atoms with E-state index in [-0.39, 0.29) is 36.5 Å². The van der Waals surface area contributed by atoms with E-state index in [2.05, 4.69) is 27.3 Å². The highest BCUT2D eigenvalue weighted by atomic mass is 16.7. The maximum atomic E-state index is 12.9. The Balaban J connectivity index is 1.03. The first-order valence-electron chi connectivity index (χ1n) is 18.3. The Hall–Kier alpha value is -5.07. The summed E-state index contributed by atoms with van der Waals surface area (Å²) in [5.41, 5.74) is 7.51. The molecule has 1 aromatic heterocycles. The maximum absolute atomic E-state index is 12.9. The Labute approximate surface area is 308 Å². The highest BCUT2D eigenvalue weighted by Crippen LogP contribution is 2.39. The van der Waals surface area contributed by atoms with Gasteiger partial charge in [-0.15, -0.1) is 0 Å². The van der Waals surface area contributed by atoms with Gasteiger partial charge in [0.2, 0.25) is 0 Å². The SMILES string of the molecule is CC(=O)OC(C)C(=O)NCc1cccc(-c2ccc(C3OC(CN4CCC(n5c(=O)[nH]c6ccccc65)CC4)CC(c4ccc(CO)cc4)O3)cc2)c1. The van der Waals surface area contributed by atoms with Crippen molar-refractivity contribution >= 4 is 22.9 Å². The number of aromatic amines is 1. The molecule has 2 saturated heterocycles. The van der Waals surface area contributed by atoms with Gasteiger partial charge in [-0.05, 0) is 65.8 Å². The molecule has 4 unspecified atom stereocenters. The summed E-state index contributed by atoms with van der Waals surface area (Å²) in [5.74, 6) is -0.849. The summed E-state index contributed by atoms with van der Waals surface area (Å²) in [6.07, 6.45) is 0.738. The zero-order valence-corrected chi connectivity index (χ0v) is 30.1. The monoisotopic (exact) mass is 718 g/mol. The number of hydrogen-bond acceptors (Lipinski definition) is 8. The van der Waals surface area contributed by atoms with Gasteiger partial charge in [-0.2, -0.15) is 0 Å². The number of ether oxygens (including phenoxy) is 3. The van der Waals surface area contributed by atoms with Crippen molar-refractivity contribution in [3.8, 4) is 11.1 Å². The molecule has 276 valence electrons. The van der Waals surface area contributed by atoms with Crippen LogP contribution in [0.4, 0.5) is 0 Å². The van der Waals surface area contributed by atoms with Gasteiger partial charge in [0.05, 0.1) is 29.8 Å². The minimum absolute atomic E-state index is 0.0139. The van der Waals surface area contributed by atoms with Gasteiger partial charge in [0.15, 0.2) is 12.4 Å². The van der Waals surface area contributed by atoms with Crippen molar-refractivity contribution in [1.82, 2.24) is 19.8 Å². The van der Waals surface area contributed by atoms with E-state index >= 15 is 0 Å². The summed E-state index contributed by atoms with van der Waals surface area (Å²) in [7, 11) is 0. The molecule has 5 aromatic rings. The number of fused-ring (bicyclic) bond motifs is 1. The summed E-state index contributed by atoms with van der Waals surface area (Å²) in [6, 6.07) is 32.0. The van der Waals surface area contributed by atoms with Crippen molar-refractivity contribution in [3.05, 3.63) is 130 Å². The molecule has 2 fully saturated rings. The largest absolute Gasteiger partial charge is 0.453 e. The number of piperidine rings is 1. The number of rotatable bonds is 11. The fourth-order valence-electron chi connectivity index (χ4n) is 7.45. The van der Waals surface area contributed by atoms with Crippen molar-refractivity contribution in [2.45, 2.75) is 76.9 Å². The Morgan fingerprint density at radius 2 is 1.64 bits per heavy atom. The Morgan fingerprint density at radius 3 is 2.38 bits per heavy atom. The predicted octanol–water partition coefficient (Wildman–Crippen LogP) is 5.94. The van der Waals surface area contributed by atoms with E-state index in [0.717, 1.165) is 76.9 Å². The summed E-state index contributed by atoms with van der Waals surface area (Å²) in [6.45, 7) is 5.59. The Kier molecular flexibility index (Phi) is 11.2. The van der Waals surface area contributed by atoms with Gasteiger partial charge in [0.25, 0.3) is 5.91 Å². The number of nitrogens with one attached hydrogen (secondary N) is 2. The molecule has 4 atom stereocenters. The summed E-state index contributed by atoms with van der Waals surface area (Å²) in [4.78, 5) is 41.8. The van der Waals surface area contributed by atoms with Crippen LogP contribution < -0.4 is 11.0 Å². The molecule has 2 aliphatic rings. The van der Waals surface area contributed by atoms with Gasteiger partial charge in [0.1, 0.15) is 0 Å². The molecule has 0 bridgehead atoms. The van der Waals surface area contributed by atoms with Crippen LogP contribution >= 0.6 is 0 Å². The van der Waals surface area contributed by atoms with Crippen LogP contribution in [0.1, 0.15) is 73.8 Å². The lowest BCUT2D eigenvalue weighted by atomic mass is 9.98. The quantitative estimate of drug-likeness (QED) is 0.143. The number of para-hydroxylation sites is 2. The highest BCUT2D eigenvalue weighted by Gasteiger charge is 2.34. The lowest BCUT2D eigenvalue weighted by Crippen LogP contribution is -2.43. The molecule has 2 aliphatic heterocycles. The number of aromatic nitrogens is 2.